The van der Waals surface area contributed by atoms with E-state index in [0.717, 1.165) is 10.8 Å². The normalized spacial score (nSPS) is 10.4. The summed E-state index contributed by atoms with van der Waals surface area (Å²) in [6.45, 7) is 0. The molecular formula is C25H19NO4. The van der Waals surface area contributed by atoms with E-state index in [4.69, 9.17) is 9.47 Å². The lowest BCUT2D eigenvalue weighted by molar-refractivity contribution is 0.0733. The average Bonchev–Trinajstić information content (AvgIpc) is 2.79. The minimum atomic E-state index is -0.530. The van der Waals surface area contributed by atoms with Crippen LogP contribution < -0.4 is 14.8 Å². The van der Waals surface area contributed by atoms with Crippen LogP contribution in [0.15, 0.2) is 91.0 Å². The third kappa shape index (κ3) is 4.00. The molecule has 1 amide bonds. The number of esters is 1. The van der Waals surface area contributed by atoms with Crippen LogP contribution in [0.2, 0.25) is 0 Å². The summed E-state index contributed by atoms with van der Waals surface area (Å²) < 4.78 is 10.9. The molecule has 4 aromatic carbocycles. The first-order valence-electron chi connectivity index (χ1n) is 9.40. The lowest BCUT2D eigenvalue weighted by atomic mass is 10.0. The molecule has 0 saturated heterocycles. The minimum absolute atomic E-state index is 0.190. The summed E-state index contributed by atoms with van der Waals surface area (Å²) >= 11 is 0. The zero-order chi connectivity index (χ0) is 20.9. The molecule has 0 unspecified atom stereocenters. The number of methoxy groups -OCH3 is 1. The quantitative estimate of drug-likeness (QED) is 0.366. The Morgan fingerprint density at radius 2 is 1.37 bits per heavy atom. The largest absolute Gasteiger partial charge is 0.495 e. The summed E-state index contributed by atoms with van der Waals surface area (Å²) in [5.41, 5.74) is 1.18. The number of benzene rings is 4. The maximum Gasteiger partial charge on any atom is 0.343 e. The molecule has 4 rings (SSSR count). The molecule has 5 heteroatoms. The van der Waals surface area contributed by atoms with Gasteiger partial charge in [0.1, 0.15) is 11.5 Å². The van der Waals surface area contributed by atoms with Gasteiger partial charge in [-0.2, -0.15) is 0 Å². The van der Waals surface area contributed by atoms with E-state index < -0.39 is 11.9 Å². The van der Waals surface area contributed by atoms with Crippen molar-refractivity contribution < 1.29 is 19.1 Å². The van der Waals surface area contributed by atoms with Gasteiger partial charge in [-0.15, -0.1) is 0 Å². The zero-order valence-corrected chi connectivity index (χ0v) is 16.3. The highest BCUT2D eigenvalue weighted by Gasteiger charge is 2.19. The van der Waals surface area contributed by atoms with E-state index in [9.17, 15) is 9.59 Å². The van der Waals surface area contributed by atoms with Crippen LogP contribution in [0.4, 0.5) is 5.69 Å². The van der Waals surface area contributed by atoms with Crippen LogP contribution in [0.3, 0.4) is 0 Å². The zero-order valence-electron chi connectivity index (χ0n) is 16.3. The SMILES string of the molecule is COc1ccccc1NC(=O)c1cc2ccccc2cc1OC(=O)c1ccccc1. The Morgan fingerprint density at radius 1 is 0.733 bits per heavy atom. The topological polar surface area (TPSA) is 64.6 Å². The highest BCUT2D eigenvalue weighted by Crippen LogP contribution is 2.29. The van der Waals surface area contributed by atoms with Gasteiger partial charge in [-0.05, 0) is 47.2 Å². The Kier molecular flexibility index (Phi) is 5.44. The van der Waals surface area contributed by atoms with Gasteiger partial charge in [0.25, 0.3) is 5.91 Å². The molecule has 0 heterocycles. The molecule has 0 saturated carbocycles. The van der Waals surface area contributed by atoms with Crippen LogP contribution in [0.25, 0.3) is 10.8 Å². The maximum absolute atomic E-state index is 13.1. The van der Waals surface area contributed by atoms with Crippen LogP contribution >= 0.6 is 0 Å². The van der Waals surface area contributed by atoms with E-state index >= 15 is 0 Å². The molecule has 0 atom stereocenters. The van der Waals surface area contributed by atoms with Gasteiger partial charge in [0.2, 0.25) is 0 Å². The number of hydrogen-bond acceptors (Lipinski definition) is 4. The van der Waals surface area contributed by atoms with Crippen molar-refractivity contribution in [1.29, 1.82) is 0 Å². The number of ether oxygens (including phenoxy) is 2. The number of rotatable bonds is 5. The summed E-state index contributed by atoms with van der Waals surface area (Å²) in [7, 11) is 1.54. The number of fused-ring (bicyclic) bond motifs is 1. The van der Waals surface area contributed by atoms with Crippen molar-refractivity contribution in [2.24, 2.45) is 0 Å². The number of carbonyl (C=O) groups excluding carboxylic acids is 2. The fourth-order valence-corrected chi connectivity index (χ4v) is 3.15. The van der Waals surface area contributed by atoms with Gasteiger partial charge in [-0.3, -0.25) is 4.79 Å². The summed E-state index contributed by atoms with van der Waals surface area (Å²) in [5, 5.41) is 4.57. The smallest absolute Gasteiger partial charge is 0.343 e. The van der Waals surface area contributed by atoms with Gasteiger partial charge in [0.15, 0.2) is 0 Å². The molecule has 1 N–H and O–H groups in total. The molecule has 4 aromatic rings. The van der Waals surface area contributed by atoms with Gasteiger partial charge in [-0.25, -0.2) is 4.79 Å². The number of para-hydroxylation sites is 2. The first kappa shape index (κ1) is 19.2. The number of nitrogens with one attached hydrogen (secondary N) is 1. The Bertz CT molecular complexity index is 1220. The molecule has 0 aromatic heterocycles. The second kappa shape index (κ2) is 8.49. The van der Waals surface area contributed by atoms with Gasteiger partial charge in [-0.1, -0.05) is 54.6 Å². The molecule has 0 bridgehead atoms. The first-order valence-corrected chi connectivity index (χ1v) is 9.40. The predicted molar refractivity (Wildman–Crippen MR) is 116 cm³/mol. The Balaban J connectivity index is 1.72. The minimum Gasteiger partial charge on any atom is -0.495 e. The Morgan fingerprint density at radius 3 is 2.10 bits per heavy atom. The third-order valence-electron chi connectivity index (χ3n) is 4.66. The van der Waals surface area contributed by atoms with E-state index in [2.05, 4.69) is 5.32 Å². The van der Waals surface area contributed by atoms with Crippen molar-refractivity contribution in [3.63, 3.8) is 0 Å². The number of anilines is 1. The predicted octanol–water partition coefficient (Wildman–Crippen LogP) is 5.32. The van der Waals surface area contributed by atoms with Crippen molar-refractivity contribution in [1.82, 2.24) is 0 Å². The first-order chi connectivity index (χ1) is 14.7. The van der Waals surface area contributed by atoms with E-state index in [1.807, 2.05) is 36.4 Å². The van der Waals surface area contributed by atoms with E-state index in [0.29, 0.717) is 17.0 Å². The number of amides is 1. The van der Waals surface area contributed by atoms with Crippen LogP contribution in [0.5, 0.6) is 11.5 Å². The molecule has 0 aliphatic rings. The maximum atomic E-state index is 13.1. The summed E-state index contributed by atoms with van der Waals surface area (Å²) in [4.78, 5) is 25.7. The fourth-order valence-electron chi connectivity index (χ4n) is 3.15. The molecular weight excluding hydrogens is 378 g/mol. The molecule has 30 heavy (non-hydrogen) atoms. The lowest BCUT2D eigenvalue weighted by Crippen LogP contribution is -2.16. The highest BCUT2D eigenvalue weighted by molar-refractivity contribution is 6.10. The fraction of sp³-hybridized carbons (Fsp3) is 0.0400. The van der Waals surface area contributed by atoms with E-state index in [1.165, 1.54) is 7.11 Å². The monoisotopic (exact) mass is 397 g/mol. The summed E-state index contributed by atoms with van der Waals surface area (Å²) in [6, 6.07) is 26.8. The van der Waals surface area contributed by atoms with Gasteiger partial charge >= 0.3 is 5.97 Å². The van der Waals surface area contributed by atoms with Gasteiger partial charge in [0, 0.05) is 0 Å². The Labute approximate surface area is 173 Å². The average molecular weight is 397 g/mol. The van der Waals surface area contributed by atoms with Gasteiger partial charge < -0.3 is 14.8 Å². The highest BCUT2D eigenvalue weighted by atomic mass is 16.5. The van der Waals surface area contributed by atoms with Crippen molar-refractivity contribution in [2.45, 2.75) is 0 Å². The standard InChI is InChI=1S/C25H19NO4/c1-29-22-14-8-7-13-21(22)26-24(27)20-15-18-11-5-6-12-19(18)16-23(20)30-25(28)17-9-3-2-4-10-17/h2-16H,1H3,(H,26,27). The van der Waals surface area contributed by atoms with E-state index in [-0.39, 0.29) is 11.3 Å². The van der Waals surface area contributed by atoms with Crippen LogP contribution in [0, 0.1) is 0 Å². The van der Waals surface area contributed by atoms with Gasteiger partial charge in [0.05, 0.1) is 23.9 Å². The van der Waals surface area contributed by atoms with E-state index in [1.54, 1.807) is 54.6 Å². The molecule has 0 aliphatic carbocycles. The molecule has 0 aliphatic heterocycles. The van der Waals surface area contributed by atoms with Crippen molar-refractivity contribution in [2.75, 3.05) is 12.4 Å². The number of carbonyl (C=O) groups is 2. The number of hydrogen-bond donors (Lipinski definition) is 1. The summed E-state index contributed by atoms with van der Waals surface area (Å²) in [5.74, 6) is -0.206. The second-order valence-corrected chi connectivity index (χ2v) is 6.61. The molecule has 0 radical (unpaired) electrons. The summed E-state index contributed by atoms with van der Waals surface area (Å²) in [6.07, 6.45) is 0. The molecule has 0 spiro atoms. The van der Waals surface area contributed by atoms with Crippen LogP contribution in [-0.2, 0) is 0 Å². The lowest BCUT2D eigenvalue weighted by Gasteiger charge is -2.14. The van der Waals surface area contributed by atoms with Crippen molar-refractivity contribution in [3.05, 3.63) is 102 Å². The van der Waals surface area contributed by atoms with Crippen LogP contribution in [-0.4, -0.2) is 19.0 Å². The second-order valence-electron chi connectivity index (χ2n) is 6.61. The molecule has 0 fully saturated rings. The van der Waals surface area contributed by atoms with Crippen molar-refractivity contribution in [3.8, 4) is 11.5 Å². The van der Waals surface area contributed by atoms with Crippen molar-refractivity contribution >= 4 is 28.3 Å². The third-order valence-corrected chi connectivity index (χ3v) is 4.66. The molecule has 148 valence electrons. The van der Waals surface area contributed by atoms with Crippen LogP contribution in [0.1, 0.15) is 20.7 Å². The Hall–Kier alpha value is -4.12. The molecule has 5 nitrogen and oxygen atoms in total.